The van der Waals surface area contributed by atoms with E-state index in [2.05, 4.69) is 41.5 Å². The summed E-state index contributed by atoms with van der Waals surface area (Å²) in [6.07, 6.45) is 7.00. The van der Waals surface area contributed by atoms with E-state index in [1.807, 2.05) is 0 Å². The van der Waals surface area contributed by atoms with Gasteiger partial charge in [0.2, 0.25) is 0 Å². The zero-order valence-corrected chi connectivity index (χ0v) is 27.6. The average Bonchev–Trinajstić information content (AvgIpc) is 3.24. The Morgan fingerprint density at radius 2 is 1.43 bits per heavy atom. The summed E-state index contributed by atoms with van der Waals surface area (Å²) in [5.41, 5.74) is -0.0221. The van der Waals surface area contributed by atoms with Crippen LogP contribution in [0.3, 0.4) is 0 Å². The molecule has 4 aliphatic rings. The van der Waals surface area contributed by atoms with Gasteiger partial charge in [-0.15, -0.1) is 0 Å². The molecule has 0 aromatic carbocycles. The Balaban J connectivity index is 1.60. The number of fused-ring (bicyclic) bond motifs is 5. The van der Waals surface area contributed by atoms with Gasteiger partial charge in [0.15, 0.2) is 0 Å². The number of esters is 3. The van der Waals surface area contributed by atoms with Crippen molar-refractivity contribution in [3.8, 4) is 0 Å². The minimum atomic E-state index is -0.511. The monoisotopic (exact) mass is 588 g/mol. The van der Waals surface area contributed by atoms with Crippen LogP contribution in [0, 0.1) is 58.2 Å². The number of hydrogen-bond acceptors (Lipinski definition) is 7. The van der Waals surface area contributed by atoms with Gasteiger partial charge in [0.05, 0.1) is 0 Å². The highest BCUT2D eigenvalue weighted by Gasteiger charge is 2.63. The van der Waals surface area contributed by atoms with Crippen molar-refractivity contribution in [1.29, 1.82) is 0 Å². The fourth-order valence-corrected chi connectivity index (χ4v) is 10.8. The SMILES string of the molecule is CC[C@@H](C(C)C)[C@@H](OC(C)=O)[C@H](OC(C)=O)[C@@H](C)[C@H]1CC[C@H]2[C@@H]3CC(=O)[C@H]4C[C@H](OC(C)=O)CC[C@]4(C)[C@H]3CC[C@]12C. The van der Waals surface area contributed by atoms with Crippen LogP contribution >= 0.6 is 0 Å². The van der Waals surface area contributed by atoms with E-state index < -0.39 is 12.2 Å². The predicted octanol–water partition coefficient (Wildman–Crippen LogP) is 6.94. The van der Waals surface area contributed by atoms with Crippen LogP contribution in [0.25, 0.3) is 0 Å². The van der Waals surface area contributed by atoms with Crippen LogP contribution in [0.2, 0.25) is 0 Å². The molecule has 0 spiro atoms. The Labute approximate surface area is 253 Å². The normalized spacial score (nSPS) is 38.8. The number of ether oxygens (including phenoxy) is 3. The number of ketones is 1. The van der Waals surface area contributed by atoms with Gasteiger partial charge in [-0.1, -0.05) is 41.5 Å². The molecule has 7 heteroatoms. The maximum Gasteiger partial charge on any atom is 0.303 e. The predicted molar refractivity (Wildman–Crippen MR) is 160 cm³/mol. The summed E-state index contributed by atoms with van der Waals surface area (Å²) in [4.78, 5) is 50.2. The van der Waals surface area contributed by atoms with Crippen LogP contribution < -0.4 is 0 Å². The third kappa shape index (κ3) is 6.04. The Morgan fingerprint density at radius 3 is 2.00 bits per heavy atom. The first-order valence-corrected chi connectivity index (χ1v) is 16.7. The molecule has 0 radical (unpaired) electrons. The van der Waals surface area contributed by atoms with Gasteiger partial charge < -0.3 is 14.2 Å². The Hall–Kier alpha value is -1.92. The van der Waals surface area contributed by atoms with Crippen molar-refractivity contribution in [2.24, 2.45) is 58.2 Å². The first-order valence-electron chi connectivity index (χ1n) is 16.7. The molecule has 4 aliphatic carbocycles. The standard InChI is InChI=1S/C35H56O7/c1-10-25(19(2)3)33(42-23(7)38)32(41-22(6)37)20(4)27-11-12-28-26-18-31(39)30-17-24(40-21(5)36)13-15-35(30,9)29(26)14-16-34(27,28)8/h19-20,24-30,32-33H,10-18H2,1-9H3/t20-,24+,25-,26-,27+,28-,29-,30+,32+,33+,34+,35+/m0/s1. The molecule has 0 amide bonds. The second kappa shape index (κ2) is 12.6. The summed E-state index contributed by atoms with van der Waals surface area (Å²) in [6.45, 7) is 17.7. The molecule has 4 saturated carbocycles. The Bertz CT molecular complexity index is 1040. The van der Waals surface area contributed by atoms with Crippen molar-refractivity contribution < 1.29 is 33.4 Å². The molecule has 0 aliphatic heterocycles. The minimum Gasteiger partial charge on any atom is -0.463 e. The van der Waals surface area contributed by atoms with Gasteiger partial charge in [-0.2, -0.15) is 0 Å². The minimum absolute atomic E-state index is 0.0133. The molecule has 42 heavy (non-hydrogen) atoms. The highest BCUT2D eigenvalue weighted by atomic mass is 16.6. The van der Waals surface area contributed by atoms with Gasteiger partial charge in [0, 0.05) is 44.9 Å². The fraction of sp³-hybridized carbons (Fsp3) is 0.886. The molecule has 0 N–H and O–H groups in total. The quantitative estimate of drug-likeness (QED) is 0.213. The Kier molecular flexibility index (Phi) is 9.89. The fourth-order valence-electron chi connectivity index (χ4n) is 10.8. The number of hydrogen-bond donors (Lipinski definition) is 0. The van der Waals surface area contributed by atoms with E-state index in [1.54, 1.807) is 0 Å². The lowest BCUT2D eigenvalue weighted by Gasteiger charge is -2.60. The van der Waals surface area contributed by atoms with E-state index >= 15 is 0 Å². The maximum atomic E-state index is 13.8. The summed E-state index contributed by atoms with van der Waals surface area (Å²) in [6, 6.07) is 0. The van der Waals surface area contributed by atoms with Crippen LogP contribution in [-0.2, 0) is 33.4 Å². The maximum absolute atomic E-state index is 13.8. The van der Waals surface area contributed by atoms with Gasteiger partial charge in [0.1, 0.15) is 24.1 Å². The summed E-state index contributed by atoms with van der Waals surface area (Å²) in [5.74, 6) is 1.34. The lowest BCUT2D eigenvalue weighted by atomic mass is 9.44. The molecule has 238 valence electrons. The van der Waals surface area contributed by atoms with Gasteiger partial charge in [-0.25, -0.2) is 0 Å². The number of Topliss-reactive ketones (excluding diaryl/α,β-unsaturated/α-hetero) is 1. The first-order chi connectivity index (χ1) is 19.6. The molecule has 7 nitrogen and oxygen atoms in total. The third-order valence-corrected chi connectivity index (χ3v) is 12.6. The van der Waals surface area contributed by atoms with Gasteiger partial charge in [0.25, 0.3) is 0 Å². The van der Waals surface area contributed by atoms with Crippen molar-refractivity contribution >= 4 is 23.7 Å². The van der Waals surface area contributed by atoms with Crippen LogP contribution in [0.4, 0.5) is 0 Å². The van der Waals surface area contributed by atoms with Crippen molar-refractivity contribution in [2.45, 2.75) is 138 Å². The zero-order valence-electron chi connectivity index (χ0n) is 27.6. The van der Waals surface area contributed by atoms with E-state index in [9.17, 15) is 19.2 Å². The van der Waals surface area contributed by atoms with E-state index in [4.69, 9.17) is 14.2 Å². The highest BCUT2D eigenvalue weighted by molar-refractivity contribution is 5.83. The lowest BCUT2D eigenvalue weighted by molar-refractivity contribution is -0.183. The average molecular weight is 589 g/mol. The molecule has 0 bridgehead atoms. The summed E-state index contributed by atoms with van der Waals surface area (Å²) < 4.78 is 17.6. The van der Waals surface area contributed by atoms with Crippen LogP contribution in [-0.4, -0.2) is 42.0 Å². The molecule has 12 atom stereocenters. The lowest BCUT2D eigenvalue weighted by Crippen LogP contribution is -2.58. The molecule has 0 aromatic rings. The van der Waals surface area contributed by atoms with Crippen molar-refractivity contribution in [3.05, 3.63) is 0 Å². The highest BCUT2D eigenvalue weighted by Crippen LogP contribution is 2.68. The first kappa shape index (κ1) is 33.0. The largest absolute Gasteiger partial charge is 0.463 e. The Morgan fingerprint density at radius 1 is 0.833 bits per heavy atom. The van der Waals surface area contributed by atoms with Crippen molar-refractivity contribution in [2.75, 3.05) is 0 Å². The summed E-state index contributed by atoms with van der Waals surface area (Å²) >= 11 is 0. The molecule has 0 heterocycles. The molecular formula is C35H56O7. The summed E-state index contributed by atoms with van der Waals surface area (Å²) in [5, 5.41) is 0. The number of carbonyl (C=O) groups excluding carboxylic acids is 4. The number of carbonyl (C=O) groups is 4. The van der Waals surface area contributed by atoms with E-state index in [-0.39, 0.29) is 58.5 Å². The summed E-state index contributed by atoms with van der Waals surface area (Å²) in [7, 11) is 0. The van der Waals surface area contributed by atoms with E-state index in [0.29, 0.717) is 42.3 Å². The van der Waals surface area contributed by atoms with E-state index in [1.165, 1.54) is 20.8 Å². The zero-order chi connectivity index (χ0) is 31.1. The number of rotatable bonds is 9. The topological polar surface area (TPSA) is 96.0 Å². The molecule has 4 fully saturated rings. The molecule has 0 saturated heterocycles. The second-order valence-electron chi connectivity index (χ2n) is 15.2. The molecule has 0 unspecified atom stereocenters. The smallest absolute Gasteiger partial charge is 0.303 e. The van der Waals surface area contributed by atoms with Crippen LogP contribution in [0.5, 0.6) is 0 Å². The van der Waals surface area contributed by atoms with Crippen molar-refractivity contribution in [3.63, 3.8) is 0 Å². The van der Waals surface area contributed by atoms with Gasteiger partial charge >= 0.3 is 17.9 Å². The van der Waals surface area contributed by atoms with Crippen LogP contribution in [0.1, 0.15) is 120 Å². The molecule has 0 aromatic heterocycles. The van der Waals surface area contributed by atoms with Crippen molar-refractivity contribution in [1.82, 2.24) is 0 Å². The molecule has 4 rings (SSSR count). The second-order valence-corrected chi connectivity index (χ2v) is 15.2. The van der Waals surface area contributed by atoms with Gasteiger partial charge in [-0.05, 0) is 91.8 Å². The van der Waals surface area contributed by atoms with Gasteiger partial charge in [-0.3, -0.25) is 19.2 Å². The van der Waals surface area contributed by atoms with E-state index in [0.717, 1.165) is 44.9 Å². The molecular weight excluding hydrogens is 532 g/mol. The third-order valence-electron chi connectivity index (χ3n) is 12.6. The van der Waals surface area contributed by atoms with Crippen LogP contribution in [0.15, 0.2) is 0 Å².